The molecule has 8 N–H and O–H groups in total. The zero-order valence-electron chi connectivity index (χ0n) is 47.8. The third-order valence-electron chi connectivity index (χ3n) is 15.7. The van der Waals surface area contributed by atoms with Gasteiger partial charge in [0.15, 0.2) is 0 Å². The van der Waals surface area contributed by atoms with Crippen molar-refractivity contribution in [2.45, 2.75) is 155 Å². The predicted molar refractivity (Wildman–Crippen MR) is 303 cm³/mol. The molecule has 1 saturated heterocycles. The van der Waals surface area contributed by atoms with Gasteiger partial charge in [0, 0.05) is 47.9 Å². The number of fused-ring (bicyclic) bond motifs is 2. The van der Waals surface area contributed by atoms with Crippen molar-refractivity contribution in [1.29, 1.82) is 0 Å². The SMILES string of the molecule is CN[C@@H](C)C(=O)N[C@H](C(=O)N1Cc2cc(NC(=O)c3ccc(C(=O)N[C@H]4C[C@@H](C(=O)NC5CCCc6ccccc65)N(C(=O)[C@@H](NC(=O)[C@H](C)NC)C(C)(C)C)C4)cc3)ccc2C[C@H]1C(=O)NC(C)c1ccccc1F)C(C)(C)C. The molecule has 19 heteroatoms. The van der Waals surface area contributed by atoms with Crippen LogP contribution in [0.25, 0.3) is 0 Å². The molecule has 2 aliphatic heterocycles. The van der Waals surface area contributed by atoms with Crippen LogP contribution in [0.5, 0.6) is 0 Å². The number of nitrogens with one attached hydrogen (secondary N) is 8. The second kappa shape index (κ2) is 25.3. The molecule has 428 valence electrons. The molecule has 7 rings (SSSR count). The van der Waals surface area contributed by atoms with Gasteiger partial charge < -0.3 is 52.3 Å². The molecular formula is C61H79FN10O8. The van der Waals surface area contributed by atoms with Gasteiger partial charge in [0.1, 0.15) is 30.0 Å². The van der Waals surface area contributed by atoms with Crippen molar-refractivity contribution < 1.29 is 42.7 Å². The van der Waals surface area contributed by atoms with Crippen LogP contribution < -0.4 is 42.5 Å². The largest absolute Gasteiger partial charge is 0.348 e. The highest BCUT2D eigenvalue weighted by atomic mass is 19.1. The molecule has 2 unspecified atom stereocenters. The molecule has 2 heterocycles. The number of halogens is 1. The summed E-state index contributed by atoms with van der Waals surface area (Å²) >= 11 is 0. The van der Waals surface area contributed by atoms with E-state index in [1.54, 1.807) is 71.3 Å². The Labute approximate surface area is 468 Å². The molecule has 9 atom stereocenters. The Kier molecular flexibility index (Phi) is 19.0. The maximum Gasteiger partial charge on any atom is 0.255 e. The monoisotopic (exact) mass is 1100 g/mol. The molecule has 8 amide bonds. The molecule has 1 aliphatic carbocycles. The van der Waals surface area contributed by atoms with E-state index < -0.39 is 100 Å². The summed E-state index contributed by atoms with van der Waals surface area (Å²) < 4.78 is 14.8. The van der Waals surface area contributed by atoms with Gasteiger partial charge in [-0.05, 0) is 136 Å². The standard InChI is InChI=1S/C61H79FN10O8/c1-34(44-19-14-15-21-46(44)62)65-56(77)48-30-40-27-28-42(29-41(40)32-71(48)58(79)50(60(4,5)6)69-52(73)35(2)63-10)66-54(75)38-23-25-39(26-24-38)55(76)67-43-31-49(57(78)68-47-22-16-18-37-17-12-13-20-45(37)47)72(33-43)59(80)51(61(7,8)9)70-53(74)36(3)64-11/h12-15,17,19-21,23-29,34-36,43,47-51,63-64H,16,18,22,30-33H2,1-11H3,(H,65,77)(H,66,75)(H,67,76)(H,68,78)(H,69,73)(H,70,74)/t34?,35-,36-,43-,47?,48-,49-,50+,51+/m0/s1. The summed E-state index contributed by atoms with van der Waals surface area (Å²) in [5.74, 6) is -4.00. The first-order valence-corrected chi connectivity index (χ1v) is 27.6. The molecule has 0 saturated carbocycles. The Morgan fingerprint density at radius 3 is 1.79 bits per heavy atom. The Hall–Kier alpha value is -7.51. The van der Waals surface area contributed by atoms with Crippen molar-refractivity contribution in [1.82, 2.24) is 47.0 Å². The number of amides is 8. The van der Waals surface area contributed by atoms with Crippen LogP contribution in [-0.4, -0.2) is 120 Å². The summed E-state index contributed by atoms with van der Waals surface area (Å²) in [4.78, 5) is 115. The second-order valence-corrected chi connectivity index (χ2v) is 23.7. The number of aryl methyl sites for hydroxylation is 1. The highest BCUT2D eigenvalue weighted by Gasteiger charge is 2.47. The van der Waals surface area contributed by atoms with Crippen molar-refractivity contribution >= 4 is 52.9 Å². The van der Waals surface area contributed by atoms with Crippen LogP contribution in [0.3, 0.4) is 0 Å². The minimum absolute atomic E-state index is 0.00730. The van der Waals surface area contributed by atoms with E-state index in [2.05, 4.69) is 48.6 Å². The number of carbonyl (C=O) groups is 8. The fourth-order valence-electron chi connectivity index (χ4n) is 10.6. The molecule has 80 heavy (non-hydrogen) atoms. The highest BCUT2D eigenvalue weighted by Crippen LogP contribution is 2.34. The summed E-state index contributed by atoms with van der Waals surface area (Å²) in [6.45, 7) is 16.0. The lowest BCUT2D eigenvalue weighted by molar-refractivity contribution is -0.147. The number of hydrogen-bond acceptors (Lipinski definition) is 10. The van der Waals surface area contributed by atoms with E-state index in [1.807, 2.05) is 59.7 Å². The normalized spacial score (nSPS) is 19.9. The van der Waals surface area contributed by atoms with E-state index in [9.17, 15) is 42.7 Å². The maximum atomic E-state index is 14.8. The minimum Gasteiger partial charge on any atom is -0.348 e. The first kappa shape index (κ1) is 60.1. The van der Waals surface area contributed by atoms with Gasteiger partial charge in [0.25, 0.3) is 11.8 Å². The van der Waals surface area contributed by atoms with Gasteiger partial charge in [-0.2, -0.15) is 0 Å². The molecular weight excluding hydrogens is 1020 g/mol. The number of hydrogen-bond donors (Lipinski definition) is 8. The van der Waals surface area contributed by atoms with Gasteiger partial charge in [-0.1, -0.05) is 90.1 Å². The van der Waals surface area contributed by atoms with E-state index in [-0.39, 0.29) is 60.5 Å². The second-order valence-electron chi connectivity index (χ2n) is 23.7. The van der Waals surface area contributed by atoms with Gasteiger partial charge >= 0.3 is 0 Å². The van der Waals surface area contributed by atoms with Gasteiger partial charge in [-0.3, -0.25) is 38.4 Å². The number of carbonyl (C=O) groups excluding carboxylic acids is 8. The van der Waals surface area contributed by atoms with Crippen molar-refractivity contribution in [3.63, 3.8) is 0 Å². The maximum absolute atomic E-state index is 14.8. The topological polar surface area (TPSA) is 239 Å². The number of likely N-dealkylation sites (tertiary alicyclic amines) is 1. The number of likely N-dealkylation sites (N-methyl/N-ethyl adjacent to an activating group) is 2. The van der Waals surface area contributed by atoms with Crippen LogP contribution in [-0.2, 0) is 48.2 Å². The zero-order chi connectivity index (χ0) is 58.4. The van der Waals surface area contributed by atoms with Crippen LogP contribution in [0, 0.1) is 16.6 Å². The molecule has 0 radical (unpaired) electrons. The van der Waals surface area contributed by atoms with Crippen molar-refractivity contribution in [2.75, 3.05) is 26.0 Å². The van der Waals surface area contributed by atoms with E-state index in [0.29, 0.717) is 11.3 Å². The number of nitrogens with zero attached hydrogens (tertiary/aromatic N) is 2. The van der Waals surface area contributed by atoms with Crippen molar-refractivity contribution in [3.8, 4) is 0 Å². The smallest absolute Gasteiger partial charge is 0.255 e. The summed E-state index contributed by atoms with van der Waals surface area (Å²) in [6, 6.07) is 18.5. The fourth-order valence-corrected chi connectivity index (χ4v) is 10.6. The third-order valence-corrected chi connectivity index (χ3v) is 15.7. The molecule has 4 aromatic carbocycles. The van der Waals surface area contributed by atoms with Gasteiger partial charge in [-0.15, -0.1) is 0 Å². The van der Waals surface area contributed by atoms with E-state index >= 15 is 0 Å². The Morgan fingerprint density at radius 2 is 1.19 bits per heavy atom. The Bertz CT molecular complexity index is 2970. The summed E-state index contributed by atoms with van der Waals surface area (Å²) in [5, 5.41) is 23.6. The Morgan fingerprint density at radius 1 is 0.613 bits per heavy atom. The lowest BCUT2D eigenvalue weighted by atomic mass is 9.84. The third kappa shape index (κ3) is 14.1. The lowest BCUT2D eigenvalue weighted by Gasteiger charge is -2.41. The van der Waals surface area contributed by atoms with Gasteiger partial charge in [0.05, 0.1) is 24.2 Å². The molecule has 1 fully saturated rings. The molecule has 0 bridgehead atoms. The number of benzene rings is 4. The summed E-state index contributed by atoms with van der Waals surface area (Å²) in [6.07, 6.45) is 2.73. The van der Waals surface area contributed by atoms with Crippen LogP contribution >= 0.6 is 0 Å². The first-order chi connectivity index (χ1) is 37.8. The molecule has 0 aromatic heterocycles. The minimum atomic E-state index is -1.04. The van der Waals surface area contributed by atoms with Crippen LogP contribution in [0.2, 0.25) is 0 Å². The first-order valence-electron chi connectivity index (χ1n) is 27.6. The predicted octanol–water partition coefficient (Wildman–Crippen LogP) is 5.38. The molecule has 3 aliphatic rings. The zero-order valence-corrected chi connectivity index (χ0v) is 47.8. The lowest BCUT2D eigenvalue weighted by Crippen LogP contribution is -2.62. The Balaban J connectivity index is 1.07. The van der Waals surface area contributed by atoms with Crippen molar-refractivity contribution in [2.24, 2.45) is 10.8 Å². The fraction of sp³-hybridized carbons (Fsp3) is 0.475. The summed E-state index contributed by atoms with van der Waals surface area (Å²) in [5.41, 5.74) is 3.24. The van der Waals surface area contributed by atoms with Crippen LogP contribution in [0.4, 0.5) is 10.1 Å². The van der Waals surface area contributed by atoms with E-state index in [0.717, 1.165) is 36.0 Å². The van der Waals surface area contributed by atoms with Crippen LogP contribution in [0.15, 0.2) is 91.0 Å². The van der Waals surface area contributed by atoms with Crippen LogP contribution in [0.1, 0.15) is 142 Å². The van der Waals surface area contributed by atoms with Gasteiger partial charge in [-0.25, -0.2) is 4.39 Å². The average molecular weight is 1100 g/mol. The summed E-state index contributed by atoms with van der Waals surface area (Å²) in [7, 11) is 3.28. The quantitative estimate of drug-likeness (QED) is 0.0672. The molecule has 18 nitrogen and oxygen atoms in total. The highest BCUT2D eigenvalue weighted by molar-refractivity contribution is 6.05. The average Bonchev–Trinajstić information content (AvgIpc) is 3.85. The van der Waals surface area contributed by atoms with Crippen molar-refractivity contribution in [3.05, 3.63) is 136 Å². The molecule has 4 aromatic rings. The van der Waals surface area contributed by atoms with E-state index in [4.69, 9.17) is 0 Å². The number of anilines is 1. The number of rotatable bonds is 17. The van der Waals surface area contributed by atoms with Gasteiger partial charge in [0.2, 0.25) is 35.4 Å². The van der Waals surface area contributed by atoms with E-state index in [1.165, 1.54) is 40.1 Å². The molecule has 0 spiro atoms.